The number of hydrogen-bond acceptors (Lipinski definition) is 2. The van der Waals surface area contributed by atoms with Crippen LogP contribution in [0.25, 0.3) is 0 Å². The van der Waals surface area contributed by atoms with Gasteiger partial charge in [-0.25, -0.2) is 0 Å². The first-order valence-electron chi connectivity index (χ1n) is 11.9. The molecule has 0 spiro atoms. The molecule has 1 aromatic carbocycles. The van der Waals surface area contributed by atoms with E-state index in [0.717, 1.165) is 37.9 Å². The summed E-state index contributed by atoms with van der Waals surface area (Å²) < 4.78 is 0. The lowest BCUT2D eigenvalue weighted by atomic mass is 9.90. The Bertz CT molecular complexity index is 545. The van der Waals surface area contributed by atoms with E-state index in [1.165, 1.54) is 82.7 Å². The lowest BCUT2D eigenvalue weighted by Gasteiger charge is -2.32. The highest BCUT2D eigenvalue weighted by atomic mass is 16.2. The molecule has 0 aliphatic carbocycles. The van der Waals surface area contributed by atoms with E-state index in [1.807, 2.05) is 0 Å². The molecule has 3 nitrogen and oxygen atoms in total. The second-order valence-corrected chi connectivity index (χ2v) is 8.95. The Morgan fingerprint density at radius 3 is 2.50 bits per heavy atom. The fourth-order valence-corrected chi connectivity index (χ4v) is 4.88. The molecule has 1 N–H and O–H groups in total. The fourth-order valence-electron chi connectivity index (χ4n) is 4.88. The topological polar surface area (TPSA) is 32.3 Å². The molecule has 2 fully saturated rings. The van der Waals surface area contributed by atoms with E-state index < -0.39 is 0 Å². The highest BCUT2D eigenvalue weighted by Crippen LogP contribution is 2.24. The minimum absolute atomic E-state index is 0.401. The largest absolute Gasteiger partial charge is 0.343 e. The number of carbonyl (C=O) groups excluding carboxylic acids is 1. The van der Waals surface area contributed by atoms with E-state index >= 15 is 0 Å². The van der Waals surface area contributed by atoms with Gasteiger partial charge < -0.3 is 10.2 Å². The van der Waals surface area contributed by atoms with Gasteiger partial charge in [0.2, 0.25) is 5.91 Å². The normalized spacial score (nSPS) is 21.0. The van der Waals surface area contributed by atoms with Crippen LogP contribution < -0.4 is 5.32 Å². The number of piperidine rings is 2. The van der Waals surface area contributed by atoms with E-state index in [9.17, 15) is 4.79 Å². The Morgan fingerprint density at radius 1 is 0.929 bits per heavy atom. The van der Waals surface area contributed by atoms with E-state index in [4.69, 9.17) is 0 Å². The van der Waals surface area contributed by atoms with E-state index in [2.05, 4.69) is 40.5 Å². The van der Waals surface area contributed by atoms with Crippen LogP contribution in [0.1, 0.15) is 82.6 Å². The molecule has 2 aliphatic rings. The standard InChI is InChI=1S/C25H40N2O/c28-25(16-6-2-5-14-24-15-7-8-19-26-24)27-20-17-23(18-21-27)13-9-12-22-10-3-1-4-11-22/h1,3-4,10-11,23-24,26H,2,5-9,12-21H2. The molecule has 0 aromatic heterocycles. The first kappa shape index (κ1) is 21.4. The number of likely N-dealkylation sites (tertiary alicyclic amines) is 1. The SMILES string of the molecule is O=C(CCCCCC1CCCCN1)N1CCC(CCCc2ccccc2)CC1. The van der Waals surface area contributed by atoms with Gasteiger partial charge in [-0.05, 0) is 75.8 Å². The van der Waals surface area contributed by atoms with Gasteiger partial charge in [-0.3, -0.25) is 4.79 Å². The van der Waals surface area contributed by atoms with Crippen molar-refractivity contribution < 1.29 is 4.79 Å². The zero-order chi connectivity index (χ0) is 19.4. The first-order valence-corrected chi connectivity index (χ1v) is 11.9. The molecule has 2 heterocycles. The maximum Gasteiger partial charge on any atom is 0.222 e. The summed E-state index contributed by atoms with van der Waals surface area (Å²) in [6.45, 7) is 3.17. The van der Waals surface area contributed by atoms with Crippen molar-refractivity contribution in [3.63, 3.8) is 0 Å². The zero-order valence-corrected chi connectivity index (χ0v) is 17.7. The molecular formula is C25H40N2O. The van der Waals surface area contributed by atoms with Gasteiger partial charge in [0.15, 0.2) is 0 Å². The number of aryl methyl sites for hydroxylation is 1. The quantitative estimate of drug-likeness (QED) is 0.552. The predicted octanol–water partition coefficient (Wildman–Crippen LogP) is 5.34. The van der Waals surface area contributed by atoms with Crippen LogP contribution in [0.5, 0.6) is 0 Å². The van der Waals surface area contributed by atoms with Crippen molar-refractivity contribution in [3.05, 3.63) is 35.9 Å². The maximum absolute atomic E-state index is 12.5. The fraction of sp³-hybridized carbons (Fsp3) is 0.720. The number of unbranched alkanes of at least 4 members (excludes halogenated alkanes) is 2. The summed E-state index contributed by atoms with van der Waals surface area (Å²) in [5, 5.41) is 3.62. The van der Waals surface area contributed by atoms with Gasteiger partial charge in [-0.15, -0.1) is 0 Å². The van der Waals surface area contributed by atoms with Crippen molar-refractivity contribution in [2.24, 2.45) is 5.92 Å². The molecule has 28 heavy (non-hydrogen) atoms. The maximum atomic E-state index is 12.5. The molecule has 2 aliphatic heterocycles. The number of rotatable bonds is 10. The van der Waals surface area contributed by atoms with Crippen LogP contribution in [-0.2, 0) is 11.2 Å². The molecule has 1 unspecified atom stereocenters. The summed E-state index contributed by atoms with van der Waals surface area (Å²) >= 11 is 0. The number of benzene rings is 1. The average Bonchev–Trinajstić information content (AvgIpc) is 2.75. The van der Waals surface area contributed by atoms with Crippen LogP contribution in [0.2, 0.25) is 0 Å². The predicted molar refractivity (Wildman–Crippen MR) is 117 cm³/mol. The minimum Gasteiger partial charge on any atom is -0.343 e. The molecule has 156 valence electrons. The van der Waals surface area contributed by atoms with E-state index in [0.29, 0.717) is 5.91 Å². The summed E-state index contributed by atoms with van der Waals surface area (Å²) in [6, 6.07) is 11.5. The van der Waals surface area contributed by atoms with E-state index in [1.54, 1.807) is 0 Å². The first-order chi connectivity index (χ1) is 13.8. The summed E-state index contributed by atoms with van der Waals surface area (Å²) in [4.78, 5) is 14.6. The summed E-state index contributed by atoms with van der Waals surface area (Å²) in [5.74, 6) is 1.22. The lowest BCUT2D eigenvalue weighted by molar-refractivity contribution is -0.132. The zero-order valence-electron chi connectivity index (χ0n) is 17.7. The lowest BCUT2D eigenvalue weighted by Crippen LogP contribution is -2.38. The van der Waals surface area contributed by atoms with Gasteiger partial charge >= 0.3 is 0 Å². The summed E-state index contributed by atoms with van der Waals surface area (Å²) in [5.41, 5.74) is 1.45. The van der Waals surface area contributed by atoms with Gasteiger partial charge in [0.25, 0.3) is 0 Å². The van der Waals surface area contributed by atoms with Crippen molar-refractivity contribution in [2.75, 3.05) is 19.6 Å². The summed E-state index contributed by atoms with van der Waals surface area (Å²) in [7, 11) is 0. The third-order valence-corrected chi connectivity index (χ3v) is 6.74. The molecular weight excluding hydrogens is 344 g/mol. The second kappa shape index (κ2) is 12.3. The molecule has 1 aromatic rings. The van der Waals surface area contributed by atoms with Crippen LogP contribution >= 0.6 is 0 Å². The highest BCUT2D eigenvalue weighted by Gasteiger charge is 2.22. The molecule has 3 heteroatoms. The van der Waals surface area contributed by atoms with Crippen molar-refractivity contribution in [3.8, 4) is 0 Å². The monoisotopic (exact) mass is 384 g/mol. The third-order valence-electron chi connectivity index (χ3n) is 6.74. The van der Waals surface area contributed by atoms with Gasteiger partial charge in [0, 0.05) is 25.6 Å². The Hall–Kier alpha value is -1.35. The molecule has 3 rings (SSSR count). The van der Waals surface area contributed by atoms with Crippen LogP contribution in [0.15, 0.2) is 30.3 Å². The van der Waals surface area contributed by atoms with Gasteiger partial charge in [0.05, 0.1) is 0 Å². The highest BCUT2D eigenvalue weighted by molar-refractivity contribution is 5.76. The van der Waals surface area contributed by atoms with Gasteiger partial charge in [0.1, 0.15) is 0 Å². The van der Waals surface area contributed by atoms with Crippen molar-refractivity contribution in [1.29, 1.82) is 0 Å². The van der Waals surface area contributed by atoms with Crippen LogP contribution in [0.3, 0.4) is 0 Å². The Morgan fingerprint density at radius 2 is 1.75 bits per heavy atom. The average molecular weight is 385 g/mol. The molecule has 1 amide bonds. The van der Waals surface area contributed by atoms with Crippen molar-refractivity contribution in [2.45, 2.75) is 89.5 Å². The Balaban J connectivity index is 1.20. The molecule has 0 radical (unpaired) electrons. The molecule has 1 atom stereocenters. The molecule has 0 saturated carbocycles. The van der Waals surface area contributed by atoms with Gasteiger partial charge in [-0.2, -0.15) is 0 Å². The minimum atomic E-state index is 0.401. The Kier molecular flexibility index (Phi) is 9.36. The van der Waals surface area contributed by atoms with Crippen LogP contribution in [0, 0.1) is 5.92 Å². The second-order valence-electron chi connectivity index (χ2n) is 8.95. The molecule has 0 bridgehead atoms. The third kappa shape index (κ3) is 7.58. The molecule has 2 saturated heterocycles. The number of hydrogen-bond donors (Lipinski definition) is 1. The smallest absolute Gasteiger partial charge is 0.222 e. The summed E-state index contributed by atoms with van der Waals surface area (Å²) in [6.07, 6.45) is 15.9. The van der Waals surface area contributed by atoms with E-state index in [-0.39, 0.29) is 0 Å². The Labute approximate surface area is 172 Å². The van der Waals surface area contributed by atoms with Gasteiger partial charge in [-0.1, -0.05) is 49.6 Å². The van der Waals surface area contributed by atoms with Crippen molar-refractivity contribution in [1.82, 2.24) is 10.2 Å². The number of carbonyl (C=O) groups is 1. The number of nitrogens with zero attached hydrogens (tertiary/aromatic N) is 1. The number of nitrogens with one attached hydrogen (secondary N) is 1. The van der Waals surface area contributed by atoms with Crippen molar-refractivity contribution >= 4 is 5.91 Å². The van der Waals surface area contributed by atoms with Crippen LogP contribution in [0.4, 0.5) is 0 Å². The van der Waals surface area contributed by atoms with Crippen LogP contribution in [-0.4, -0.2) is 36.5 Å². The number of amides is 1.